The van der Waals surface area contributed by atoms with E-state index in [4.69, 9.17) is 17.0 Å². The molecule has 0 aliphatic carbocycles. The summed E-state index contributed by atoms with van der Waals surface area (Å²) in [6, 6.07) is 14.6. The number of aryl methyl sites for hydroxylation is 1. The van der Waals surface area contributed by atoms with Crippen molar-refractivity contribution in [1.82, 2.24) is 10.6 Å². The van der Waals surface area contributed by atoms with Crippen LogP contribution in [0.4, 0.5) is 5.69 Å². The van der Waals surface area contributed by atoms with E-state index >= 15 is 0 Å². The van der Waals surface area contributed by atoms with Gasteiger partial charge >= 0.3 is 0 Å². The Morgan fingerprint density at radius 2 is 1.89 bits per heavy atom. The van der Waals surface area contributed by atoms with Gasteiger partial charge in [-0.25, -0.2) is 0 Å². The van der Waals surface area contributed by atoms with Gasteiger partial charge in [0.1, 0.15) is 0 Å². The minimum Gasteiger partial charge on any atom is -0.383 e. The molecule has 2 aromatic rings. The predicted molar refractivity (Wildman–Crippen MR) is 110 cm³/mol. The molecule has 2 amide bonds. The van der Waals surface area contributed by atoms with Crippen molar-refractivity contribution in [3.63, 3.8) is 0 Å². The zero-order chi connectivity index (χ0) is 19.6. The maximum absolute atomic E-state index is 12.2. The molecule has 0 aliphatic heterocycles. The fourth-order valence-electron chi connectivity index (χ4n) is 2.42. The second kappa shape index (κ2) is 10.4. The molecule has 0 saturated carbocycles. The molecule has 0 radical (unpaired) electrons. The molecule has 142 valence electrons. The number of hydrogen-bond donors (Lipinski definition) is 3. The van der Waals surface area contributed by atoms with E-state index in [0.717, 1.165) is 11.1 Å². The predicted octanol–water partition coefficient (Wildman–Crippen LogP) is 2.43. The van der Waals surface area contributed by atoms with Crippen LogP contribution in [0.5, 0.6) is 0 Å². The fourth-order valence-corrected chi connectivity index (χ4v) is 2.65. The van der Waals surface area contributed by atoms with Crippen molar-refractivity contribution in [1.29, 1.82) is 0 Å². The zero-order valence-corrected chi connectivity index (χ0v) is 16.2. The molecule has 0 bridgehead atoms. The van der Waals surface area contributed by atoms with Crippen molar-refractivity contribution < 1.29 is 14.3 Å². The van der Waals surface area contributed by atoms with E-state index in [1.807, 2.05) is 31.2 Å². The Hall–Kier alpha value is -2.77. The van der Waals surface area contributed by atoms with Gasteiger partial charge in [0.2, 0.25) is 5.91 Å². The molecule has 0 spiro atoms. The Morgan fingerprint density at radius 3 is 2.63 bits per heavy atom. The first-order chi connectivity index (χ1) is 13.0. The topological polar surface area (TPSA) is 79.5 Å². The molecule has 2 aromatic carbocycles. The van der Waals surface area contributed by atoms with E-state index in [-0.39, 0.29) is 23.3 Å². The lowest BCUT2D eigenvalue weighted by Gasteiger charge is -2.11. The van der Waals surface area contributed by atoms with Gasteiger partial charge in [0.15, 0.2) is 5.11 Å². The molecule has 0 heterocycles. The second-order valence-electron chi connectivity index (χ2n) is 5.94. The number of methoxy groups -OCH3 is 1. The Bertz CT molecular complexity index is 824. The van der Waals surface area contributed by atoms with Gasteiger partial charge in [0.25, 0.3) is 5.91 Å². The molecule has 6 nitrogen and oxygen atoms in total. The van der Waals surface area contributed by atoms with Crippen molar-refractivity contribution in [3.8, 4) is 0 Å². The highest BCUT2D eigenvalue weighted by Crippen LogP contribution is 2.11. The average Bonchev–Trinajstić information content (AvgIpc) is 2.63. The van der Waals surface area contributed by atoms with E-state index in [9.17, 15) is 9.59 Å². The molecular formula is C20H23N3O3S. The summed E-state index contributed by atoms with van der Waals surface area (Å²) in [6.45, 7) is 2.84. The van der Waals surface area contributed by atoms with Gasteiger partial charge in [0.05, 0.1) is 13.0 Å². The number of carbonyl (C=O) groups excluding carboxylic acids is 2. The number of benzene rings is 2. The molecule has 7 heteroatoms. The molecule has 0 fully saturated rings. The third-order valence-corrected chi connectivity index (χ3v) is 4.04. The minimum atomic E-state index is -0.204. The lowest BCUT2D eigenvalue weighted by atomic mass is 10.1. The van der Waals surface area contributed by atoms with Gasteiger partial charge in [-0.3, -0.25) is 9.59 Å². The van der Waals surface area contributed by atoms with Gasteiger partial charge in [-0.1, -0.05) is 30.3 Å². The molecule has 2 rings (SSSR count). The van der Waals surface area contributed by atoms with Crippen LogP contribution in [0.15, 0.2) is 48.5 Å². The summed E-state index contributed by atoms with van der Waals surface area (Å²) in [4.78, 5) is 24.2. The normalized spacial score (nSPS) is 10.1. The number of amides is 2. The van der Waals surface area contributed by atoms with Crippen LogP contribution in [0, 0.1) is 6.92 Å². The fraction of sp³-hybridized carbons (Fsp3) is 0.250. The lowest BCUT2D eigenvalue weighted by Crippen LogP contribution is -2.35. The Balaban J connectivity index is 1.90. The molecule has 27 heavy (non-hydrogen) atoms. The maximum Gasteiger partial charge on any atom is 0.251 e. The number of carbonyl (C=O) groups is 2. The molecule has 3 N–H and O–H groups in total. The molecular weight excluding hydrogens is 362 g/mol. The maximum atomic E-state index is 12.2. The van der Waals surface area contributed by atoms with Crippen LogP contribution < -0.4 is 16.0 Å². The van der Waals surface area contributed by atoms with Gasteiger partial charge < -0.3 is 20.7 Å². The van der Waals surface area contributed by atoms with Crippen molar-refractivity contribution in [2.45, 2.75) is 13.3 Å². The van der Waals surface area contributed by atoms with Crippen LogP contribution >= 0.6 is 12.2 Å². The van der Waals surface area contributed by atoms with Crippen LogP contribution in [-0.4, -0.2) is 37.2 Å². The summed E-state index contributed by atoms with van der Waals surface area (Å²) >= 11 is 5.20. The van der Waals surface area contributed by atoms with Crippen LogP contribution in [-0.2, 0) is 16.0 Å². The quantitative estimate of drug-likeness (QED) is 0.504. The zero-order valence-electron chi connectivity index (χ0n) is 15.4. The van der Waals surface area contributed by atoms with Crippen molar-refractivity contribution in [2.24, 2.45) is 0 Å². The van der Waals surface area contributed by atoms with E-state index in [1.165, 1.54) is 0 Å². The van der Waals surface area contributed by atoms with E-state index in [1.54, 1.807) is 31.4 Å². The standard InChI is InChI=1S/C20H23N3O3S/c1-14-6-3-4-7-15(14)13-18(24)23-20(27)22-17-9-5-8-16(12-17)19(25)21-10-11-26-2/h3-9,12H,10-11,13H2,1-2H3,(H,21,25)(H2,22,23,24,27). The number of hydrogen-bond acceptors (Lipinski definition) is 4. The number of nitrogens with one attached hydrogen (secondary N) is 3. The summed E-state index contributed by atoms with van der Waals surface area (Å²) in [6.07, 6.45) is 0.246. The first-order valence-corrected chi connectivity index (χ1v) is 8.93. The third-order valence-electron chi connectivity index (χ3n) is 3.84. The molecule has 0 aliphatic rings. The summed E-state index contributed by atoms with van der Waals surface area (Å²) < 4.78 is 4.91. The molecule has 0 saturated heterocycles. The average molecular weight is 385 g/mol. The number of thiocarbonyl (C=S) groups is 1. The van der Waals surface area contributed by atoms with E-state index < -0.39 is 0 Å². The first kappa shape index (κ1) is 20.5. The Morgan fingerprint density at radius 1 is 1.11 bits per heavy atom. The minimum absolute atomic E-state index is 0.186. The van der Waals surface area contributed by atoms with E-state index in [0.29, 0.717) is 24.4 Å². The van der Waals surface area contributed by atoms with Crippen molar-refractivity contribution in [2.75, 3.05) is 25.6 Å². The summed E-state index contributed by atoms with van der Waals surface area (Å²) in [5, 5.41) is 8.53. The molecule has 0 unspecified atom stereocenters. The summed E-state index contributed by atoms with van der Waals surface area (Å²) in [7, 11) is 1.57. The van der Waals surface area contributed by atoms with Crippen molar-refractivity contribution >= 4 is 34.8 Å². The number of anilines is 1. The second-order valence-corrected chi connectivity index (χ2v) is 6.34. The van der Waals surface area contributed by atoms with Crippen LogP contribution in [0.1, 0.15) is 21.5 Å². The Kier molecular flexibility index (Phi) is 7.91. The van der Waals surface area contributed by atoms with Gasteiger partial charge in [0, 0.05) is 24.9 Å². The largest absolute Gasteiger partial charge is 0.383 e. The van der Waals surface area contributed by atoms with E-state index in [2.05, 4.69) is 16.0 Å². The monoisotopic (exact) mass is 385 g/mol. The van der Waals surface area contributed by atoms with Crippen molar-refractivity contribution in [3.05, 3.63) is 65.2 Å². The smallest absolute Gasteiger partial charge is 0.251 e. The highest BCUT2D eigenvalue weighted by Gasteiger charge is 2.09. The molecule has 0 aromatic heterocycles. The van der Waals surface area contributed by atoms with Crippen LogP contribution in [0.3, 0.4) is 0 Å². The molecule has 0 atom stereocenters. The Labute approximate surface area is 164 Å². The lowest BCUT2D eigenvalue weighted by molar-refractivity contribution is -0.119. The third kappa shape index (κ3) is 6.80. The highest BCUT2D eigenvalue weighted by molar-refractivity contribution is 7.80. The van der Waals surface area contributed by atoms with Gasteiger partial charge in [-0.15, -0.1) is 0 Å². The SMILES string of the molecule is COCCNC(=O)c1cccc(NC(=S)NC(=O)Cc2ccccc2C)c1. The highest BCUT2D eigenvalue weighted by atomic mass is 32.1. The number of ether oxygens (including phenoxy) is 1. The summed E-state index contributed by atoms with van der Waals surface area (Å²) in [5.41, 5.74) is 3.12. The van der Waals surface area contributed by atoms with Crippen LogP contribution in [0.2, 0.25) is 0 Å². The number of rotatable bonds is 7. The summed E-state index contributed by atoms with van der Waals surface area (Å²) in [5.74, 6) is -0.402. The van der Waals surface area contributed by atoms with Crippen LogP contribution in [0.25, 0.3) is 0 Å². The van der Waals surface area contributed by atoms with Gasteiger partial charge in [-0.05, 0) is 48.5 Å². The van der Waals surface area contributed by atoms with Gasteiger partial charge in [-0.2, -0.15) is 0 Å². The first-order valence-electron chi connectivity index (χ1n) is 8.52.